The molecule has 1 unspecified atom stereocenters. The van der Waals surface area contributed by atoms with Crippen molar-refractivity contribution in [1.82, 2.24) is 15.6 Å². The number of nitrogens with zero attached hydrogens (tertiary/aromatic N) is 1. The van der Waals surface area contributed by atoms with Crippen LogP contribution in [0.2, 0.25) is 5.02 Å². The summed E-state index contributed by atoms with van der Waals surface area (Å²) in [5, 5.41) is 10.2. The van der Waals surface area contributed by atoms with Gasteiger partial charge in [0.15, 0.2) is 0 Å². The minimum absolute atomic E-state index is 0.0923. The Morgan fingerprint density at radius 2 is 1.67 bits per heavy atom. The summed E-state index contributed by atoms with van der Waals surface area (Å²) in [6.07, 6.45) is -1.07. The van der Waals surface area contributed by atoms with Gasteiger partial charge in [0.05, 0.1) is 36.0 Å². The molecule has 2 aromatic heterocycles. The Morgan fingerprint density at radius 3 is 2.44 bits per heavy atom. The summed E-state index contributed by atoms with van der Waals surface area (Å²) >= 11 is 5.62. The first-order chi connectivity index (χ1) is 25.9. The number of hydrogen-bond acceptors (Lipinski definition) is 9. The number of nitrogens with one attached hydrogen (secondary N) is 4. The maximum Gasteiger partial charge on any atom is 0.417 e. The summed E-state index contributed by atoms with van der Waals surface area (Å²) < 4.78 is 62.1. The second kappa shape index (κ2) is 16.7. The van der Waals surface area contributed by atoms with Gasteiger partial charge in [0.1, 0.15) is 35.1 Å². The number of carbonyl (C=O) groups excluding carboxylic acids is 4. The molecule has 0 bridgehead atoms. The summed E-state index contributed by atoms with van der Waals surface area (Å²) in [5.74, 6) is -0.317. The molecule has 54 heavy (non-hydrogen) atoms. The van der Waals surface area contributed by atoms with Gasteiger partial charge in [-0.25, -0.2) is 4.79 Å². The monoisotopic (exact) mass is 765 g/mol. The van der Waals surface area contributed by atoms with Gasteiger partial charge >= 0.3 is 12.2 Å². The molecule has 0 radical (unpaired) electrons. The van der Waals surface area contributed by atoms with Crippen molar-refractivity contribution in [1.29, 1.82) is 0 Å². The number of furan rings is 1. The van der Waals surface area contributed by atoms with Gasteiger partial charge in [0.25, 0.3) is 5.91 Å². The number of fused-ring (bicyclic) bond motifs is 1. The zero-order chi connectivity index (χ0) is 38.2. The van der Waals surface area contributed by atoms with Gasteiger partial charge in [-0.1, -0.05) is 11.6 Å². The molecule has 5 amide bonds. The Hall–Kier alpha value is -6.13. The summed E-state index contributed by atoms with van der Waals surface area (Å²) in [7, 11) is 0. The highest BCUT2D eigenvalue weighted by molar-refractivity contribution is 6.31. The van der Waals surface area contributed by atoms with Crippen molar-refractivity contribution >= 4 is 57.7 Å². The number of urea groups is 1. The normalized spacial score (nSPS) is 14.3. The number of imide groups is 1. The predicted octanol–water partition coefficient (Wildman–Crippen LogP) is 7.28. The molecule has 3 aromatic carbocycles. The first kappa shape index (κ1) is 37.6. The molecule has 0 spiro atoms. The molecular formula is C37H31ClF3N5O8. The molecule has 3 heterocycles. The lowest BCUT2D eigenvalue weighted by molar-refractivity contribution is -0.137. The lowest BCUT2D eigenvalue weighted by Gasteiger charge is -2.19. The number of carbonyl (C=O) groups is 4. The fourth-order valence-electron chi connectivity index (χ4n) is 5.48. The van der Waals surface area contributed by atoms with E-state index in [4.69, 9.17) is 30.2 Å². The third kappa shape index (κ3) is 9.64. The Bertz CT molecular complexity index is 2180. The number of aromatic nitrogens is 1. The summed E-state index contributed by atoms with van der Waals surface area (Å²) in [5.41, 5.74) is 0.573. The van der Waals surface area contributed by atoms with Crippen LogP contribution in [0.4, 0.5) is 29.3 Å². The molecule has 5 aromatic rings. The zero-order valence-corrected chi connectivity index (χ0v) is 28.9. The van der Waals surface area contributed by atoms with E-state index in [1.165, 1.54) is 36.7 Å². The largest absolute Gasteiger partial charge is 0.491 e. The third-order valence-corrected chi connectivity index (χ3v) is 8.39. The zero-order valence-electron chi connectivity index (χ0n) is 28.1. The quantitative estimate of drug-likeness (QED) is 0.0711. The molecule has 1 aliphatic rings. The molecule has 4 N–H and O–H groups in total. The van der Waals surface area contributed by atoms with E-state index in [1.54, 1.807) is 36.4 Å². The second-order valence-corrected chi connectivity index (χ2v) is 12.3. The molecule has 1 aliphatic heterocycles. The van der Waals surface area contributed by atoms with Crippen molar-refractivity contribution < 1.29 is 51.0 Å². The minimum Gasteiger partial charge on any atom is -0.491 e. The van der Waals surface area contributed by atoms with E-state index in [9.17, 15) is 32.3 Å². The molecule has 0 saturated carbocycles. The number of rotatable bonds is 13. The van der Waals surface area contributed by atoms with Crippen molar-refractivity contribution in [3.8, 4) is 17.2 Å². The second-order valence-electron chi connectivity index (χ2n) is 11.8. The first-order valence-electron chi connectivity index (χ1n) is 16.5. The number of ether oxygens (including phenoxy) is 3. The number of piperidine rings is 1. The van der Waals surface area contributed by atoms with E-state index in [0.717, 1.165) is 17.5 Å². The molecular weight excluding hydrogens is 735 g/mol. The molecule has 13 nitrogen and oxygen atoms in total. The highest BCUT2D eigenvalue weighted by atomic mass is 35.5. The van der Waals surface area contributed by atoms with Crippen molar-refractivity contribution in [3.63, 3.8) is 0 Å². The van der Waals surface area contributed by atoms with Crippen molar-refractivity contribution in [2.24, 2.45) is 0 Å². The lowest BCUT2D eigenvalue weighted by Crippen LogP contribution is -2.39. The van der Waals surface area contributed by atoms with E-state index in [1.807, 2.05) is 0 Å². The fourth-order valence-corrected chi connectivity index (χ4v) is 5.71. The van der Waals surface area contributed by atoms with Crippen LogP contribution in [-0.4, -0.2) is 55.1 Å². The molecule has 280 valence electrons. The first-order valence-corrected chi connectivity index (χ1v) is 16.8. The average molecular weight is 766 g/mol. The number of halogens is 4. The van der Waals surface area contributed by atoms with Crippen LogP contribution in [-0.2, 0) is 20.5 Å². The van der Waals surface area contributed by atoms with Crippen molar-refractivity contribution in [3.05, 3.63) is 107 Å². The summed E-state index contributed by atoms with van der Waals surface area (Å²) in [4.78, 5) is 53.0. The third-order valence-electron chi connectivity index (χ3n) is 8.06. The number of alkyl halides is 3. The molecule has 6 rings (SSSR count). The van der Waals surface area contributed by atoms with Gasteiger partial charge in [-0.15, -0.1) is 0 Å². The van der Waals surface area contributed by atoms with E-state index in [-0.39, 0.29) is 56.0 Å². The number of amides is 5. The van der Waals surface area contributed by atoms with Crippen LogP contribution in [0.1, 0.15) is 40.4 Å². The Balaban J connectivity index is 0.907. The highest BCUT2D eigenvalue weighted by Crippen LogP contribution is 2.37. The van der Waals surface area contributed by atoms with Crippen LogP contribution in [0.25, 0.3) is 11.0 Å². The van der Waals surface area contributed by atoms with Crippen LogP contribution in [0.15, 0.2) is 89.7 Å². The SMILES string of the molecule is O=C1CCC(c2coc3ccc(OCCOCCNC(=O)c4cc(Oc5ccc(NC(=O)Nc6ccc(Cl)c(C(F)(F)F)c6)cc5)ccn4)cc23)C(=O)N1. The van der Waals surface area contributed by atoms with E-state index >= 15 is 0 Å². The Kier molecular flexibility index (Phi) is 11.6. The van der Waals surface area contributed by atoms with Gasteiger partial charge in [-0.3, -0.25) is 24.7 Å². The van der Waals surface area contributed by atoms with Crippen LogP contribution in [0.5, 0.6) is 17.2 Å². The number of pyridine rings is 1. The minimum atomic E-state index is -4.68. The average Bonchev–Trinajstić information content (AvgIpc) is 3.55. The fraction of sp³-hybridized carbons (Fsp3) is 0.216. The van der Waals surface area contributed by atoms with Gasteiger partial charge in [-0.2, -0.15) is 13.2 Å². The molecule has 1 fully saturated rings. The van der Waals surface area contributed by atoms with E-state index < -0.39 is 34.6 Å². The van der Waals surface area contributed by atoms with Crippen LogP contribution in [0, 0.1) is 0 Å². The molecule has 17 heteroatoms. The molecule has 1 atom stereocenters. The lowest BCUT2D eigenvalue weighted by atomic mass is 9.90. The van der Waals surface area contributed by atoms with Gasteiger partial charge in [0, 0.05) is 47.6 Å². The van der Waals surface area contributed by atoms with Crippen LogP contribution >= 0.6 is 11.6 Å². The van der Waals surface area contributed by atoms with Crippen LogP contribution < -0.4 is 30.7 Å². The Labute approximate surface area is 310 Å². The number of benzene rings is 3. The van der Waals surface area contributed by atoms with Crippen LogP contribution in [0.3, 0.4) is 0 Å². The topological polar surface area (TPSA) is 170 Å². The van der Waals surface area contributed by atoms with Crippen molar-refractivity contribution in [2.45, 2.75) is 24.9 Å². The summed E-state index contributed by atoms with van der Waals surface area (Å²) in [6, 6.07) is 16.7. The van der Waals surface area contributed by atoms with E-state index in [2.05, 4.69) is 26.3 Å². The Morgan fingerprint density at radius 1 is 0.907 bits per heavy atom. The number of hydrogen-bond donors (Lipinski definition) is 4. The maximum absolute atomic E-state index is 13.1. The molecule has 1 saturated heterocycles. The van der Waals surface area contributed by atoms with E-state index in [0.29, 0.717) is 40.5 Å². The smallest absolute Gasteiger partial charge is 0.417 e. The van der Waals surface area contributed by atoms with Crippen molar-refractivity contribution in [2.75, 3.05) is 37.0 Å². The number of anilines is 2. The maximum atomic E-state index is 13.1. The standard InChI is InChI=1S/C37H31ClF3N5O8/c38-30-8-3-22(17-29(30)37(39,40)41)45-36(50)44-21-1-4-23(5-2-21)54-25-11-12-42-31(19-25)35(49)43-13-14-51-15-16-52-24-6-9-32-27(18-24)28(20-53-32)26-7-10-33(47)46-34(26)48/h1-6,8-9,11-12,17-20,26H,7,10,13-16H2,(H,43,49)(H2,44,45,50)(H,46,47,48). The predicted molar refractivity (Wildman–Crippen MR) is 190 cm³/mol. The highest BCUT2D eigenvalue weighted by Gasteiger charge is 2.33. The summed E-state index contributed by atoms with van der Waals surface area (Å²) in [6.45, 7) is 0.876. The van der Waals surface area contributed by atoms with Gasteiger partial charge in [0.2, 0.25) is 11.8 Å². The van der Waals surface area contributed by atoms with Gasteiger partial charge in [-0.05, 0) is 73.2 Å². The molecule has 0 aliphatic carbocycles. The van der Waals surface area contributed by atoms with Gasteiger partial charge < -0.3 is 34.6 Å².